The van der Waals surface area contributed by atoms with Crippen LogP contribution in [0.5, 0.6) is 0 Å². The van der Waals surface area contributed by atoms with E-state index in [1.165, 1.54) is 19.5 Å². The quantitative estimate of drug-likeness (QED) is 0.596. The third-order valence-corrected chi connectivity index (χ3v) is 5.51. The summed E-state index contributed by atoms with van der Waals surface area (Å²) < 4.78 is 0. The summed E-state index contributed by atoms with van der Waals surface area (Å²) in [6.07, 6.45) is 0. The fourth-order valence-electron chi connectivity index (χ4n) is 1.58. The SMILES string of the molecule is c1ccc(Sc2ccsc2-c2cccs2)cc1. The van der Waals surface area contributed by atoms with Crippen molar-refractivity contribution < 1.29 is 0 Å². The molecule has 0 aliphatic carbocycles. The van der Waals surface area contributed by atoms with Crippen LogP contribution in [0.3, 0.4) is 0 Å². The van der Waals surface area contributed by atoms with Crippen LogP contribution in [0, 0.1) is 0 Å². The predicted molar refractivity (Wildman–Crippen MR) is 78.2 cm³/mol. The average Bonchev–Trinajstić information content (AvgIpc) is 3.00. The zero-order valence-corrected chi connectivity index (χ0v) is 11.4. The van der Waals surface area contributed by atoms with Gasteiger partial charge in [-0.15, -0.1) is 22.7 Å². The van der Waals surface area contributed by atoms with Crippen molar-refractivity contribution >= 4 is 34.4 Å². The number of hydrogen-bond acceptors (Lipinski definition) is 3. The minimum Gasteiger partial charge on any atom is -0.143 e. The molecule has 0 amide bonds. The zero-order chi connectivity index (χ0) is 11.5. The van der Waals surface area contributed by atoms with Crippen LogP contribution in [0.15, 0.2) is 69.1 Å². The molecule has 17 heavy (non-hydrogen) atoms. The van der Waals surface area contributed by atoms with E-state index in [0.29, 0.717) is 0 Å². The van der Waals surface area contributed by atoms with E-state index >= 15 is 0 Å². The molecule has 3 heteroatoms. The minimum absolute atomic E-state index is 1.30. The number of benzene rings is 1. The molecule has 0 nitrogen and oxygen atoms in total. The van der Waals surface area contributed by atoms with Gasteiger partial charge < -0.3 is 0 Å². The highest BCUT2D eigenvalue weighted by molar-refractivity contribution is 7.99. The van der Waals surface area contributed by atoms with Crippen molar-refractivity contribution in [3.05, 3.63) is 59.3 Å². The topological polar surface area (TPSA) is 0 Å². The molecule has 1 aromatic carbocycles. The first-order chi connectivity index (χ1) is 8.43. The van der Waals surface area contributed by atoms with Gasteiger partial charge in [0.25, 0.3) is 0 Å². The van der Waals surface area contributed by atoms with Crippen LogP contribution < -0.4 is 0 Å². The lowest BCUT2D eigenvalue weighted by Crippen LogP contribution is -1.72. The molecule has 0 atom stereocenters. The Bertz CT molecular complexity index is 579. The Labute approximate surface area is 113 Å². The lowest BCUT2D eigenvalue weighted by Gasteiger charge is -2.01. The standard InChI is InChI=1S/C14H10S3/c1-2-5-11(6-3-1)17-13-8-10-16-14(13)12-7-4-9-15-12/h1-10H. The smallest absolute Gasteiger partial charge is 0.0581 e. The molecule has 0 radical (unpaired) electrons. The molecule has 0 aliphatic rings. The summed E-state index contributed by atoms with van der Waals surface area (Å²) in [5.41, 5.74) is 0. The second-order valence-corrected chi connectivity index (χ2v) is 6.49. The van der Waals surface area contributed by atoms with Gasteiger partial charge in [-0.2, -0.15) is 0 Å². The molecule has 0 fully saturated rings. The molecule has 0 N–H and O–H groups in total. The highest BCUT2D eigenvalue weighted by Crippen LogP contribution is 2.41. The Kier molecular flexibility index (Phi) is 3.31. The lowest BCUT2D eigenvalue weighted by atomic mass is 10.4. The monoisotopic (exact) mass is 274 g/mol. The van der Waals surface area contributed by atoms with Crippen LogP contribution in [-0.2, 0) is 0 Å². The summed E-state index contributed by atoms with van der Waals surface area (Å²) >= 11 is 5.45. The molecule has 0 unspecified atom stereocenters. The van der Waals surface area contributed by atoms with Crippen molar-refractivity contribution in [2.75, 3.05) is 0 Å². The third-order valence-electron chi connectivity index (χ3n) is 2.35. The molecule has 3 aromatic rings. The Balaban J connectivity index is 1.92. The van der Waals surface area contributed by atoms with Crippen molar-refractivity contribution in [3.8, 4) is 9.75 Å². The summed E-state index contributed by atoms with van der Waals surface area (Å²) in [5, 5.41) is 4.30. The second kappa shape index (κ2) is 5.08. The van der Waals surface area contributed by atoms with Gasteiger partial charge in [0.1, 0.15) is 0 Å². The first kappa shape index (κ1) is 11.1. The van der Waals surface area contributed by atoms with Crippen molar-refractivity contribution in [1.29, 1.82) is 0 Å². The predicted octanol–water partition coefficient (Wildman–Crippen LogP) is 5.63. The van der Waals surface area contributed by atoms with E-state index < -0.39 is 0 Å². The molecule has 2 aromatic heterocycles. The van der Waals surface area contributed by atoms with E-state index in [-0.39, 0.29) is 0 Å². The summed E-state index contributed by atoms with van der Waals surface area (Å²) in [7, 11) is 0. The van der Waals surface area contributed by atoms with Crippen molar-refractivity contribution in [2.24, 2.45) is 0 Å². The van der Waals surface area contributed by atoms with Crippen LogP contribution >= 0.6 is 34.4 Å². The maximum absolute atomic E-state index is 2.21. The maximum Gasteiger partial charge on any atom is 0.0581 e. The van der Waals surface area contributed by atoms with E-state index in [0.717, 1.165) is 0 Å². The Morgan fingerprint density at radius 3 is 2.41 bits per heavy atom. The van der Waals surface area contributed by atoms with Gasteiger partial charge in [-0.1, -0.05) is 36.0 Å². The first-order valence-electron chi connectivity index (χ1n) is 5.28. The first-order valence-corrected chi connectivity index (χ1v) is 7.85. The van der Waals surface area contributed by atoms with Crippen molar-refractivity contribution in [1.82, 2.24) is 0 Å². The number of hydrogen-bond donors (Lipinski definition) is 0. The Hall–Kier alpha value is -1.03. The summed E-state index contributed by atoms with van der Waals surface area (Å²) in [6, 6.07) is 17.0. The Morgan fingerprint density at radius 1 is 0.765 bits per heavy atom. The van der Waals surface area contributed by atoms with Gasteiger partial charge in [0.05, 0.1) is 4.88 Å². The van der Waals surface area contributed by atoms with E-state index in [9.17, 15) is 0 Å². The zero-order valence-electron chi connectivity index (χ0n) is 9.00. The number of thiophene rings is 2. The molecular formula is C14H10S3. The van der Waals surface area contributed by atoms with E-state index in [1.807, 2.05) is 23.1 Å². The van der Waals surface area contributed by atoms with E-state index in [4.69, 9.17) is 0 Å². The molecule has 0 spiro atoms. The highest BCUT2D eigenvalue weighted by Gasteiger charge is 2.08. The fourth-order valence-corrected chi connectivity index (χ4v) is 4.56. The molecular weight excluding hydrogens is 264 g/mol. The molecule has 0 saturated carbocycles. The molecule has 0 saturated heterocycles. The molecule has 0 aliphatic heterocycles. The van der Waals surface area contributed by atoms with Crippen molar-refractivity contribution in [2.45, 2.75) is 9.79 Å². The average molecular weight is 274 g/mol. The molecule has 2 heterocycles. The lowest BCUT2D eigenvalue weighted by molar-refractivity contribution is 1.44. The van der Waals surface area contributed by atoms with Gasteiger partial charge in [-0.3, -0.25) is 0 Å². The third kappa shape index (κ3) is 2.46. The van der Waals surface area contributed by atoms with Gasteiger partial charge in [0.2, 0.25) is 0 Å². The highest BCUT2D eigenvalue weighted by atomic mass is 32.2. The van der Waals surface area contributed by atoms with Gasteiger partial charge in [-0.05, 0) is 35.0 Å². The largest absolute Gasteiger partial charge is 0.143 e. The minimum atomic E-state index is 1.30. The number of rotatable bonds is 3. The molecule has 0 bridgehead atoms. The normalized spacial score (nSPS) is 10.6. The van der Waals surface area contributed by atoms with Crippen molar-refractivity contribution in [3.63, 3.8) is 0 Å². The molecule has 3 rings (SSSR count). The van der Waals surface area contributed by atoms with Gasteiger partial charge in [0.15, 0.2) is 0 Å². The van der Waals surface area contributed by atoms with Crippen LogP contribution in [0.25, 0.3) is 9.75 Å². The van der Waals surface area contributed by atoms with E-state index in [2.05, 4.69) is 59.3 Å². The van der Waals surface area contributed by atoms with Gasteiger partial charge in [0, 0.05) is 14.7 Å². The van der Waals surface area contributed by atoms with Crippen LogP contribution in [0.2, 0.25) is 0 Å². The Morgan fingerprint density at radius 2 is 1.65 bits per heavy atom. The van der Waals surface area contributed by atoms with Crippen LogP contribution in [0.4, 0.5) is 0 Å². The molecule has 84 valence electrons. The van der Waals surface area contributed by atoms with E-state index in [1.54, 1.807) is 11.3 Å². The summed E-state index contributed by atoms with van der Waals surface area (Å²) in [6.45, 7) is 0. The summed E-state index contributed by atoms with van der Waals surface area (Å²) in [5.74, 6) is 0. The van der Waals surface area contributed by atoms with Crippen LogP contribution in [0.1, 0.15) is 0 Å². The summed E-state index contributed by atoms with van der Waals surface area (Å²) in [4.78, 5) is 5.39. The van der Waals surface area contributed by atoms with Gasteiger partial charge >= 0.3 is 0 Å². The maximum atomic E-state index is 2.21. The fraction of sp³-hybridized carbons (Fsp3) is 0. The van der Waals surface area contributed by atoms with Gasteiger partial charge in [-0.25, -0.2) is 0 Å². The van der Waals surface area contributed by atoms with Crippen LogP contribution in [-0.4, -0.2) is 0 Å². The second-order valence-electron chi connectivity index (χ2n) is 3.51.